The molecule has 0 fully saturated rings. The summed E-state index contributed by atoms with van der Waals surface area (Å²) in [4.78, 5) is 28.6. The van der Waals surface area contributed by atoms with Crippen LogP contribution >= 0.6 is 0 Å². The molecule has 39 heavy (non-hydrogen) atoms. The summed E-state index contributed by atoms with van der Waals surface area (Å²) in [6.45, 7) is 8.48. The first-order chi connectivity index (χ1) is 18.8. The molecule has 0 radical (unpaired) electrons. The Labute approximate surface area is 234 Å². The third-order valence-electron chi connectivity index (χ3n) is 7.65. The normalized spacial score (nSPS) is 18.3. The van der Waals surface area contributed by atoms with Crippen molar-refractivity contribution in [3.8, 4) is 0 Å². The summed E-state index contributed by atoms with van der Waals surface area (Å²) in [5.74, 6) is -1.04. The first kappa shape index (κ1) is 30.3. The van der Waals surface area contributed by atoms with E-state index in [1.54, 1.807) is 12.2 Å². The highest BCUT2D eigenvalue weighted by Crippen LogP contribution is 2.44. The quantitative estimate of drug-likeness (QED) is 0.298. The summed E-state index contributed by atoms with van der Waals surface area (Å²) < 4.78 is 0. The van der Waals surface area contributed by atoms with Crippen molar-refractivity contribution in [3.05, 3.63) is 95.1 Å². The molecule has 0 aliphatic heterocycles. The highest BCUT2D eigenvalue weighted by Gasteiger charge is 2.49. The van der Waals surface area contributed by atoms with Crippen molar-refractivity contribution < 1.29 is 14.7 Å². The van der Waals surface area contributed by atoms with Crippen molar-refractivity contribution in [1.29, 1.82) is 0 Å². The number of hydrogen-bond acceptors (Lipinski definition) is 4. The molecule has 0 heterocycles. The van der Waals surface area contributed by atoms with Gasteiger partial charge in [-0.3, -0.25) is 9.59 Å². The van der Waals surface area contributed by atoms with Crippen molar-refractivity contribution in [2.45, 2.75) is 59.0 Å². The number of amides is 2. The minimum absolute atomic E-state index is 0.0473. The topological polar surface area (TPSA) is 95.7 Å². The Morgan fingerprint density at radius 1 is 1.03 bits per heavy atom. The predicted molar refractivity (Wildman–Crippen MR) is 158 cm³/mol. The van der Waals surface area contributed by atoms with Gasteiger partial charge in [0.1, 0.15) is 0 Å². The molecule has 6 nitrogen and oxygen atoms in total. The Bertz CT molecular complexity index is 1120. The molecule has 0 saturated carbocycles. The molecular formula is C33H45N3O3. The van der Waals surface area contributed by atoms with Crippen LogP contribution in [0, 0.1) is 18.3 Å². The number of nitrogens with two attached hydrogens (primary N) is 1. The molecule has 210 valence electrons. The fraction of sp³-hybridized carbons (Fsp3) is 0.455. The van der Waals surface area contributed by atoms with Crippen LogP contribution in [0.4, 0.5) is 0 Å². The van der Waals surface area contributed by atoms with Gasteiger partial charge in [-0.2, -0.15) is 0 Å². The van der Waals surface area contributed by atoms with Gasteiger partial charge in [0.15, 0.2) is 0 Å². The molecule has 2 amide bonds. The molecule has 0 bridgehead atoms. The maximum atomic E-state index is 14.4. The Morgan fingerprint density at radius 2 is 1.69 bits per heavy atom. The first-order valence-electron chi connectivity index (χ1n) is 14.3. The molecule has 0 aromatic heterocycles. The molecule has 2 aromatic carbocycles. The van der Waals surface area contributed by atoms with Crippen molar-refractivity contribution in [2.75, 3.05) is 26.2 Å². The molecule has 3 atom stereocenters. The molecule has 0 spiro atoms. The number of carbonyl (C=O) groups is 2. The van der Waals surface area contributed by atoms with E-state index in [4.69, 9.17) is 5.73 Å². The first-order valence-corrected chi connectivity index (χ1v) is 14.3. The van der Waals surface area contributed by atoms with E-state index in [-0.39, 0.29) is 12.3 Å². The summed E-state index contributed by atoms with van der Waals surface area (Å²) in [5, 5.41) is 15.2. The zero-order chi connectivity index (χ0) is 28.3. The smallest absolute Gasteiger partial charge is 0.244 e. The Kier molecular flexibility index (Phi) is 11.5. The number of carbonyl (C=O) groups excluding carboxylic acids is 2. The standard InChI is InChI=1S/C33H45N3O3/c1-4-20-36(21-5-2)32(39)33(18-9-12-28(23-33)31(34)38)29(22-27-10-7-6-8-11-27)30(37)24-35-19-17-26-15-13-25(3)14-16-26/h6-16,18,29-30,35,37H,4-5,17,19-24H2,1-3H3,(H2,34,38)/t29-,30+,33?/m1/s1. The molecular weight excluding hydrogens is 486 g/mol. The summed E-state index contributed by atoms with van der Waals surface area (Å²) in [5.41, 5.74) is 8.56. The number of benzene rings is 2. The van der Waals surface area contributed by atoms with Gasteiger partial charge in [0, 0.05) is 31.1 Å². The Balaban J connectivity index is 1.92. The average molecular weight is 532 g/mol. The molecule has 0 saturated heterocycles. The zero-order valence-corrected chi connectivity index (χ0v) is 23.7. The van der Waals surface area contributed by atoms with Gasteiger partial charge >= 0.3 is 0 Å². The van der Waals surface area contributed by atoms with Gasteiger partial charge in [-0.05, 0) is 56.7 Å². The lowest BCUT2D eigenvalue weighted by Crippen LogP contribution is -2.54. The lowest BCUT2D eigenvalue weighted by Gasteiger charge is -2.44. The number of aliphatic hydroxyl groups excluding tert-OH is 1. The molecule has 2 aromatic rings. The fourth-order valence-corrected chi connectivity index (χ4v) is 5.56. The second kappa shape index (κ2) is 14.8. The van der Waals surface area contributed by atoms with E-state index < -0.39 is 23.3 Å². The molecule has 1 unspecified atom stereocenters. The van der Waals surface area contributed by atoms with Gasteiger partial charge in [0.05, 0.1) is 11.5 Å². The average Bonchev–Trinajstić information content (AvgIpc) is 2.95. The van der Waals surface area contributed by atoms with Crippen LogP contribution in [0.3, 0.4) is 0 Å². The van der Waals surface area contributed by atoms with Crippen molar-refractivity contribution in [1.82, 2.24) is 10.2 Å². The van der Waals surface area contributed by atoms with Crippen LogP contribution in [0.15, 0.2) is 78.4 Å². The minimum atomic E-state index is -1.09. The lowest BCUT2D eigenvalue weighted by molar-refractivity contribution is -0.145. The highest BCUT2D eigenvalue weighted by molar-refractivity contribution is 5.95. The van der Waals surface area contributed by atoms with E-state index in [0.717, 1.165) is 24.8 Å². The number of aliphatic hydroxyl groups is 1. The largest absolute Gasteiger partial charge is 0.391 e. The highest BCUT2D eigenvalue weighted by atomic mass is 16.3. The van der Waals surface area contributed by atoms with Crippen molar-refractivity contribution in [3.63, 3.8) is 0 Å². The number of allylic oxidation sites excluding steroid dienone is 2. The summed E-state index contributed by atoms with van der Waals surface area (Å²) in [7, 11) is 0. The minimum Gasteiger partial charge on any atom is -0.391 e. The third kappa shape index (κ3) is 8.13. The maximum Gasteiger partial charge on any atom is 0.244 e. The number of rotatable bonds is 15. The van der Waals surface area contributed by atoms with Crippen molar-refractivity contribution in [2.24, 2.45) is 17.1 Å². The molecule has 4 N–H and O–H groups in total. The molecule has 6 heteroatoms. The summed E-state index contributed by atoms with van der Waals surface area (Å²) in [6, 6.07) is 18.4. The van der Waals surface area contributed by atoms with Gasteiger partial charge in [0.25, 0.3) is 0 Å². The number of nitrogens with one attached hydrogen (secondary N) is 1. The van der Waals surface area contributed by atoms with Gasteiger partial charge in [-0.1, -0.05) is 92.2 Å². The zero-order valence-electron chi connectivity index (χ0n) is 23.7. The fourth-order valence-electron chi connectivity index (χ4n) is 5.56. The SMILES string of the molecule is CCCN(CCC)C(=O)C1([C@H](Cc2ccccc2)[C@@H](O)CNCCc2ccc(C)cc2)C=CC=C(C(N)=O)C1. The van der Waals surface area contributed by atoms with Crippen LogP contribution in [0.25, 0.3) is 0 Å². The van der Waals surface area contributed by atoms with Crippen LogP contribution in [0.1, 0.15) is 49.8 Å². The number of primary amides is 1. The number of hydrogen-bond donors (Lipinski definition) is 3. The third-order valence-corrected chi connectivity index (χ3v) is 7.65. The van der Waals surface area contributed by atoms with Crippen LogP contribution < -0.4 is 11.1 Å². The van der Waals surface area contributed by atoms with E-state index >= 15 is 0 Å². The number of aryl methyl sites for hydroxylation is 1. The van der Waals surface area contributed by atoms with E-state index in [2.05, 4.69) is 50.4 Å². The van der Waals surface area contributed by atoms with E-state index in [1.165, 1.54) is 11.1 Å². The molecule has 1 aliphatic rings. The summed E-state index contributed by atoms with van der Waals surface area (Å²) >= 11 is 0. The number of nitrogens with zero attached hydrogens (tertiary/aromatic N) is 1. The molecule has 1 aliphatic carbocycles. The monoisotopic (exact) mass is 531 g/mol. The van der Waals surface area contributed by atoms with Gasteiger partial charge in [-0.25, -0.2) is 0 Å². The second-order valence-electron chi connectivity index (χ2n) is 10.7. The summed E-state index contributed by atoms with van der Waals surface area (Å²) in [6.07, 6.45) is 7.73. The Morgan fingerprint density at radius 3 is 2.31 bits per heavy atom. The predicted octanol–water partition coefficient (Wildman–Crippen LogP) is 4.35. The van der Waals surface area contributed by atoms with Crippen LogP contribution in [-0.4, -0.2) is 54.1 Å². The van der Waals surface area contributed by atoms with Gasteiger partial charge in [-0.15, -0.1) is 0 Å². The van der Waals surface area contributed by atoms with Crippen LogP contribution in [0.2, 0.25) is 0 Å². The molecule has 3 rings (SSSR count). The maximum absolute atomic E-state index is 14.4. The van der Waals surface area contributed by atoms with Crippen molar-refractivity contribution >= 4 is 11.8 Å². The lowest BCUT2D eigenvalue weighted by atomic mass is 9.64. The van der Waals surface area contributed by atoms with Crippen LogP contribution in [-0.2, 0) is 22.4 Å². The van der Waals surface area contributed by atoms with E-state index in [1.807, 2.05) is 41.3 Å². The van der Waals surface area contributed by atoms with E-state index in [9.17, 15) is 14.7 Å². The van der Waals surface area contributed by atoms with Gasteiger partial charge < -0.3 is 21.1 Å². The van der Waals surface area contributed by atoms with E-state index in [0.29, 0.717) is 38.2 Å². The second-order valence-corrected chi connectivity index (χ2v) is 10.7. The Hall–Kier alpha value is -3.22. The van der Waals surface area contributed by atoms with Gasteiger partial charge in [0.2, 0.25) is 11.8 Å². The van der Waals surface area contributed by atoms with Crippen LogP contribution in [0.5, 0.6) is 0 Å².